The molecule has 0 saturated heterocycles. The first-order chi connectivity index (χ1) is 14.7. The fourth-order valence-corrected chi connectivity index (χ4v) is 8.23. The summed E-state index contributed by atoms with van der Waals surface area (Å²) in [4.78, 5) is 13.2. The summed E-state index contributed by atoms with van der Waals surface area (Å²) < 4.78 is 0. The first-order valence-electron chi connectivity index (χ1n) is 12.8. The van der Waals surface area contributed by atoms with Crippen LogP contribution in [0.15, 0.2) is 11.6 Å². The topological polar surface area (TPSA) is 98.0 Å². The molecule has 9 atom stereocenters. The summed E-state index contributed by atoms with van der Waals surface area (Å²) in [6.07, 6.45) is 7.33. The summed E-state index contributed by atoms with van der Waals surface area (Å²) in [6.45, 7) is 10.0. The highest BCUT2D eigenvalue weighted by Crippen LogP contribution is 2.68. The highest BCUT2D eigenvalue weighted by atomic mass is 16.3. The number of rotatable bonds is 5. The fraction of sp³-hybridized carbons (Fsp3) is 0.889. The molecule has 0 aromatic rings. The van der Waals surface area contributed by atoms with Gasteiger partial charge < -0.3 is 20.4 Å². The second kappa shape index (κ2) is 7.90. The highest BCUT2D eigenvalue weighted by molar-refractivity contribution is 5.95. The van der Waals surface area contributed by atoms with Crippen molar-refractivity contribution in [1.29, 1.82) is 0 Å². The lowest BCUT2D eigenvalue weighted by Gasteiger charge is -2.59. The smallest absolute Gasteiger partial charge is 0.159 e. The van der Waals surface area contributed by atoms with Crippen LogP contribution in [-0.2, 0) is 4.79 Å². The van der Waals surface area contributed by atoms with Crippen molar-refractivity contribution in [2.45, 2.75) is 116 Å². The Balaban J connectivity index is 1.61. The number of carbonyl (C=O) groups is 1. The Kier molecular flexibility index (Phi) is 6.02. The van der Waals surface area contributed by atoms with Crippen LogP contribution in [0.25, 0.3) is 0 Å². The predicted octanol–water partition coefficient (Wildman–Crippen LogP) is 3.77. The van der Waals surface area contributed by atoms with Gasteiger partial charge in [-0.05, 0) is 106 Å². The van der Waals surface area contributed by atoms with Crippen LogP contribution in [0.2, 0.25) is 0 Å². The summed E-state index contributed by atoms with van der Waals surface area (Å²) in [6, 6.07) is 0. The van der Waals surface area contributed by atoms with Crippen LogP contribution in [-0.4, -0.2) is 49.6 Å². The van der Waals surface area contributed by atoms with E-state index in [0.29, 0.717) is 25.7 Å². The van der Waals surface area contributed by atoms with Crippen molar-refractivity contribution in [3.8, 4) is 0 Å². The Morgan fingerprint density at radius 3 is 2.47 bits per heavy atom. The van der Waals surface area contributed by atoms with Crippen molar-refractivity contribution in [1.82, 2.24) is 0 Å². The Hall–Kier alpha value is -0.750. The summed E-state index contributed by atoms with van der Waals surface area (Å²) in [5.74, 6) is 0.301. The van der Waals surface area contributed by atoms with Gasteiger partial charge in [-0.1, -0.05) is 20.8 Å². The first-order valence-corrected chi connectivity index (χ1v) is 12.8. The van der Waals surface area contributed by atoms with E-state index in [1.54, 1.807) is 19.9 Å². The summed E-state index contributed by atoms with van der Waals surface area (Å²) in [5, 5.41) is 43.4. The summed E-state index contributed by atoms with van der Waals surface area (Å²) in [7, 11) is 0. The van der Waals surface area contributed by atoms with E-state index in [0.717, 1.165) is 37.7 Å². The van der Waals surface area contributed by atoms with Crippen molar-refractivity contribution in [3.05, 3.63) is 11.6 Å². The minimum absolute atomic E-state index is 0.0148. The zero-order valence-corrected chi connectivity index (χ0v) is 20.6. The molecule has 182 valence electrons. The van der Waals surface area contributed by atoms with Crippen molar-refractivity contribution >= 4 is 5.78 Å². The van der Waals surface area contributed by atoms with Gasteiger partial charge in [0.15, 0.2) is 5.78 Å². The van der Waals surface area contributed by atoms with Gasteiger partial charge in [-0.2, -0.15) is 0 Å². The van der Waals surface area contributed by atoms with Gasteiger partial charge in [0, 0.05) is 11.3 Å². The van der Waals surface area contributed by atoms with Gasteiger partial charge in [0.2, 0.25) is 0 Å². The molecule has 0 spiro atoms. The van der Waals surface area contributed by atoms with Crippen LogP contribution in [0.4, 0.5) is 0 Å². The zero-order chi connectivity index (χ0) is 23.7. The minimum Gasteiger partial charge on any atom is -0.393 e. The van der Waals surface area contributed by atoms with E-state index in [4.69, 9.17) is 0 Å². The van der Waals surface area contributed by atoms with Crippen LogP contribution >= 0.6 is 0 Å². The monoisotopic (exact) mass is 448 g/mol. The van der Waals surface area contributed by atoms with E-state index in [-0.39, 0.29) is 40.3 Å². The van der Waals surface area contributed by atoms with Crippen LogP contribution < -0.4 is 0 Å². The lowest BCUT2D eigenvalue weighted by Crippen LogP contribution is -2.59. The molecule has 3 saturated carbocycles. The molecule has 0 amide bonds. The van der Waals surface area contributed by atoms with Crippen molar-refractivity contribution < 1.29 is 25.2 Å². The molecule has 4 N–H and O–H groups in total. The van der Waals surface area contributed by atoms with E-state index in [1.807, 2.05) is 0 Å². The van der Waals surface area contributed by atoms with Crippen LogP contribution in [0.1, 0.15) is 92.4 Å². The van der Waals surface area contributed by atoms with Crippen LogP contribution in [0, 0.1) is 34.5 Å². The van der Waals surface area contributed by atoms with E-state index in [1.165, 1.54) is 0 Å². The zero-order valence-electron chi connectivity index (χ0n) is 20.6. The number of hydrogen-bond acceptors (Lipinski definition) is 5. The Morgan fingerprint density at radius 2 is 1.81 bits per heavy atom. The molecule has 5 heteroatoms. The molecular weight excluding hydrogens is 404 g/mol. The SMILES string of the molecule is C[C@@H](C1CC[C@@]2(O)C3=CC(=O)[C@@H]4C[C@@H](O)CC[C@]4(C)C3CC[C@]12C)[C@H](O)CCC(C)(C)O. The lowest BCUT2D eigenvalue weighted by molar-refractivity contribution is -0.142. The lowest BCUT2D eigenvalue weighted by atomic mass is 9.46. The van der Waals surface area contributed by atoms with Crippen molar-refractivity contribution in [2.24, 2.45) is 34.5 Å². The number of aliphatic hydroxyl groups excluding tert-OH is 2. The van der Waals surface area contributed by atoms with Crippen LogP contribution in [0.3, 0.4) is 0 Å². The Labute approximate surface area is 193 Å². The Bertz CT molecular complexity index is 783. The number of hydrogen-bond donors (Lipinski definition) is 4. The number of ketones is 1. The molecule has 4 rings (SSSR count). The molecule has 0 bridgehead atoms. The molecule has 0 aromatic carbocycles. The average Bonchev–Trinajstić information content (AvgIpc) is 2.98. The van der Waals surface area contributed by atoms with Gasteiger partial charge in [0.1, 0.15) is 0 Å². The largest absolute Gasteiger partial charge is 0.393 e. The third kappa shape index (κ3) is 3.62. The predicted molar refractivity (Wildman–Crippen MR) is 124 cm³/mol. The average molecular weight is 449 g/mol. The van der Waals surface area contributed by atoms with Gasteiger partial charge in [-0.3, -0.25) is 4.79 Å². The maximum absolute atomic E-state index is 13.2. The molecule has 0 radical (unpaired) electrons. The van der Waals surface area contributed by atoms with Crippen LogP contribution in [0.5, 0.6) is 0 Å². The van der Waals surface area contributed by atoms with Crippen molar-refractivity contribution in [3.63, 3.8) is 0 Å². The van der Waals surface area contributed by atoms with Gasteiger partial charge >= 0.3 is 0 Å². The third-order valence-electron chi connectivity index (χ3n) is 10.4. The molecule has 5 nitrogen and oxygen atoms in total. The quantitative estimate of drug-likeness (QED) is 0.513. The first kappa shape index (κ1) is 24.4. The van der Waals surface area contributed by atoms with Gasteiger partial charge in [-0.15, -0.1) is 0 Å². The van der Waals surface area contributed by atoms with E-state index in [9.17, 15) is 25.2 Å². The standard InChI is InChI=1S/C27H44O5/c1-16(22(29)9-10-24(2,3)31)18-8-13-27(32)20-15-23(30)21-14-17(28)6-11-25(21,4)19(20)7-12-26(18,27)5/h15-19,21-22,28-29,31-32H,6-14H2,1-5H3/t16-,17-,18?,19?,21-,22+,25+,26+,27+/m0/s1. The molecule has 4 aliphatic rings. The molecule has 2 unspecified atom stereocenters. The van der Waals surface area contributed by atoms with E-state index >= 15 is 0 Å². The van der Waals surface area contributed by atoms with Gasteiger partial charge in [0.05, 0.1) is 23.4 Å². The maximum atomic E-state index is 13.2. The fourth-order valence-electron chi connectivity index (χ4n) is 8.23. The summed E-state index contributed by atoms with van der Waals surface area (Å²) in [5.41, 5.74) is -1.43. The van der Waals surface area contributed by atoms with Gasteiger partial charge in [0.25, 0.3) is 0 Å². The highest BCUT2D eigenvalue weighted by Gasteiger charge is 2.66. The Morgan fingerprint density at radius 1 is 1.12 bits per heavy atom. The molecule has 0 aromatic heterocycles. The maximum Gasteiger partial charge on any atom is 0.159 e. The molecule has 32 heavy (non-hydrogen) atoms. The molecule has 3 fully saturated rings. The van der Waals surface area contributed by atoms with E-state index in [2.05, 4.69) is 20.8 Å². The molecule has 4 aliphatic carbocycles. The number of carbonyl (C=O) groups excluding carboxylic acids is 1. The van der Waals surface area contributed by atoms with E-state index < -0.39 is 23.4 Å². The number of allylic oxidation sites excluding steroid dienone is 1. The number of aliphatic hydroxyl groups is 4. The molecule has 0 aliphatic heterocycles. The molecular formula is C27H44O5. The second-order valence-electron chi connectivity index (χ2n) is 12.8. The number of fused-ring (bicyclic) bond motifs is 5. The molecule has 0 heterocycles. The third-order valence-corrected chi connectivity index (χ3v) is 10.4. The van der Waals surface area contributed by atoms with Crippen molar-refractivity contribution in [2.75, 3.05) is 0 Å². The van der Waals surface area contributed by atoms with Gasteiger partial charge in [-0.25, -0.2) is 0 Å². The normalized spacial score (nSPS) is 46.0. The summed E-state index contributed by atoms with van der Waals surface area (Å²) >= 11 is 0. The second-order valence-corrected chi connectivity index (χ2v) is 12.8. The minimum atomic E-state index is -1.01.